The van der Waals surface area contributed by atoms with Crippen LogP contribution in [0.2, 0.25) is 5.02 Å². The first-order valence-corrected chi connectivity index (χ1v) is 7.84. The largest absolute Gasteiger partial charge is 0.300 e. The predicted octanol–water partition coefficient (Wildman–Crippen LogP) is 2.35. The van der Waals surface area contributed by atoms with Crippen LogP contribution in [0.5, 0.6) is 0 Å². The van der Waals surface area contributed by atoms with E-state index in [9.17, 15) is 14.4 Å². The monoisotopic (exact) mass is 337 g/mol. The third-order valence-corrected chi connectivity index (χ3v) is 4.83. The van der Waals surface area contributed by atoms with Crippen molar-refractivity contribution in [2.75, 3.05) is 11.9 Å². The zero-order valence-corrected chi connectivity index (χ0v) is 13.3. The number of hydrogen-bond donors (Lipinski definition) is 1. The normalized spacial score (nSPS) is 14.9. The Morgan fingerprint density at radius 2 is 2.05 bits per heavy atom. The Bertz CT molecular complexity index is 747. The highest BCUT2D eigenvalue weighted by atomic mass is 35.5. The maximum Gasteiger partial charge on any atom is 0.246 e. The molecule has 6 nitrogen and oxygen atoms in total. The summed E-state index contributed by atoms with van der Waals surface area (Å²) in [5.74, 6) is -1.08. The van der Waals surface area contributed by atoms with Gasteiger partial charge in [-0.3, -0.25) is 19.3 Å². The number of aryl methyl sites for hydroxylation is 1. The molecule has 1 N–H and O–H groups in total. The van der Waals surface area contributed by atoms with Gasteiger partial charge in [0.2, 0.25) is 17.7 Å². The Morgan fingerprint density at radius 3 is 2.68 bits per heavy atom. The lowest BCUT2D eigenvalue weighted by molar-refractivity contribution is -0.141. The Kier molecular flexibility index (Phi) is 3.84. The summed E-state index contributed by atoms with van der Waals surface area (Å²) in [4.78, 5) is 40.3. The molecular weight excluding hydrogens is 326 g/mol. The van der Waals surface area contributed by atoms with E-state index >= 15 is 0 Å². The third-order valence-electron chi connectivity index (χ3n) is 3.40. The zero-order valence-electron chi connectivity index (χ0n) is 11.7. The van der Waals surface area contributed by atoms with Crippen LogP contribution in [0.3, 0.4) is 0 Å². The topological polar surface area (TPSA) is 79.4 Å². The van der Waals surface area contributed by atoms with Crippen molar-refractivity contribution in [2.24, 2.45) is 0 Å². The molecule has 0 aliphatic carbocycles. The van der Waals surface area contributed by atoms with Crippen molar-refractivity contribution < 1.29 is 14.4 Å². The van der Waals surface area contributed by atoms with Gasteiger partial charge in [-0.1, -0.05) is 29.0 Å². The van der Waals surface area contributed by atoms with E-state index in [1.54, 1.807) is 6.07 Å². The molecule has 2 aromatic rings. The van der Waals surface area contributed by atoms with Gasteiger partial charge in [-0.05, 0) is 18.6 Å². The van der Waals surface area contributed by atoms with Crippen LogP contribution < -0.4 is 5.32 Å². The molecule has 0 saturated carbocycles. The van der Waals surface area contributed by atoms with Gasteiger partial charge in [-0.25, -0.2) is 4.98 Å². The number of nitrogens with one attached hydrogen (secondary N) is 1. The van der Waals surface area contributed by atoms with E-state index in [1.165, 1.54) is 11.3 Å². The number of aromatic nitrogens is 1. The van der Waals surface area contributed by atoms with Gasteiger partial charge in [0.1, 0.15) is 6.54 Å². The summed E-state index contributed by atoms with van der Waals surface area (Å²) >= 11 is 7.38. The number of imide groups is 1. The summed E-state index contributed by atoms with van der Waals surface area (Å²) in [6.45, 7) is 1.63. The van der Waals surface area contributed by atoms with Crippen molar-refractivity contribution >= 4 is 56.0 Å². The highest BCUT2D eigenvalue weighted by Crippen LogP contribution is 2.33. The molecule has 1 saturated heterocycles. The molecule has 8 heteroatoms. The van der Waals surface area contributed by atoms with Gasteiger partial charge < -0.3 is 5.32 Å². The number of amides is 3. The second-order valence-corrected chi connectivity index (χ2v) is 6.39. The smallest absolute Gasteiger partial charge is 0.246 e. The lowest BCUT2D eigenvalue weighted by atomic mass is 10.2. The molecule has 1 aliphatic heterocycles. The standard InChI is InChI=1S/C14H12ClN3O3S/c1-7-2-3-8(15)13-12(7)17-14(22-13)16-9(19)6-18-10(20)4-5-11(18)21/h2-3H,4-6H2,1H3,(H,16,17,19). The molecule has 1 aromatic carbocycles. The molecule has 0 bridgehead atoms. The fourth-order valence-electron chi connectivity index (χ4n) is 2.26. The molecular formula is C14H12ClN3O3S. The second-order valence-electron chi connectivity index (χ2n) is 4.98. The van der Waals surface area contributed by atoms with Crippen molar-refractivity contribution in [1.29, 1.82) is 0 Å². The van der Waals surface area contributed by atoms with Crippen LogP contribution in [0, 0.1) is 6.92 Å². The van der Waals surface area contributed by atoms with Crippen LogP contribution in [0.25, 0.3) is 10.2 Å². The van der Waals surface area contributed by atoms with Gasteiger partial charge in [0.15, 0.2) is 5.13 Å². The SMILES string of the molecule is Cc1ccc(Cl)c2sc(NC(=O)CN3C(=O)CCC3=O)nc12. The number of carbonyl (C=O) groups excluding carboxylic acids is 3. The molecule has 1 fully saturated rings. The van der Waals surface area contributed by atoms with Crippen LogP contribution in [0.15, 0.2) is 12.1 Å². The first-order chi connectivity index (χ1) is 10.5. The molecule has 22 heavy (non-hydrogen) atoms. The van der Waals surface area contributed by atoms with E-state index in [0.717, 1.165) is 20.7 Å². The average molecular weight is 338 g/mol. The van der Waals surface area contributed by atoms with Gasteiger partial charge in [0, 0.05) is 12.8 Å². The van der Waals surface area contributed by atoms with Gasteiger partial charge in [0.05, 0.1) is 15.2 Å². The fourth-order valence-corrected chi connectivity index (χ4v) is 3.49. The summed E-state index contributed by atoms with van der Waals surface area (Å²) in [5, 5.41) is 3.59. The van der Waals surface area contributed by atoms with E-state index in [1.807, 2.05) is 13.0 Å². The highest BCUT2D eigenvalue weighted by Gasteiger charge is 2.30. The first kappa shape index (κ1) is 14.9. The van der Waals surface area contributed by atoms with Crippen LogP contribution in [0.4, 0.5) is 5.13 Å². The number of hydrogen-bond acceptors (Lipinski definition) is 5. The second kappa shape index (κ2) is 5.66. The number of nitrogens with zero attached hydrogens (tertiary/aromatic N) is 2. The number of anilines is 1. The van der Waals surface area contributed by atoms with E-state index in [-0.39, 0.29) is 31.2 Å². The Morgan fingerprint density at radius 1 is 1.36 bits per heavy atom. The minimum Gasteiger partial charge on any atom is -0.300 e. The summed E-state index contributed by atoms with van der Waals surface area (Å²) < 4.78 is 0.797. The number of halogens is 1. The first-order valence-electron chi connectivity index (χ1n) is 6.64. The van der Waals surface area contributed by atoms with Crippen LogP contribution in [-0.4, -0.2) is 34.2 Å². The number of thiazole rings is 1. The average Bonchev–Trinajstić information content (AvgIpc) is 3.02. The minimum atomic E-state index is -0.448. The molecule has 0 unspecified atom stereocenters. The van der Waals surface area contributed by atoms with E-state index < -0.39 is 5.91 Å². The van der Waals surface area contributed by atoms with Crippen molar-refractivity contribution in [1.82, 2.24) is 9.88 Å². The van der Waals surface area contributed by atoms with Crippen molar-refractivity contribution in [3.8, 4) is 0 Å². The maximum atomic E-state index is 12.0. The van der Waals surface area contributed by atoms with E-state index in [0.29, 0.717) is 10.2 Å². The fraction of sp³-hybridized carbons (Fsp3) is 0.286. The molecule has 3 rings (SSSR count). The summed E-state index contributed by atoms with van der Waals surface area (Å²) in [5.41, 5.74) is 1.70. The number of fused-ring (bicyclic) bond motifs is 1. The van der Waals surface area contributed by atoms with Crippen LogP contribution in [-0.2, 0) is 14.4 Å². The lowest BCUT2D eigenvalue weighted by Crippen LogP contribution is -2.36. The van der Waals surface area contributed by atoms with Crippen LogP contribution >= 0.6 is 22.9 Å². The van der Waals surface area contributed by atoms with Gasteiger partial charge in [-0.2, -0.15) is 0 Å². The number of benzene rings is 1. The van der Waals surface area contributed by atoms with Crippen molar-refractivity contribution in [3.63, 3.8) is 0 Å². The molecule has 114 valence electrons. The zero-order chi connectivity index (χ0) is 15.9. The molecule has 3 amide bonds. The molecule has 0 atom stereocenters. The van der Waals surface area contributed by atoms with Crippen LogP contribution in [0.1, 0.15) is 18.4 Å². The predicted molar refractivity (Wildman–Crippen MR) is 84.0 cm³/mol. The minimum absolute atomic E-state index is 0.169. The number of likely N-dealkylation sites (tertiary alicyclic amines) is 1. The quantitative estimate of drug-likeness (QED) is 0.872. The summed E-state index contributed by atoms with van der Waals surface area (Å²) in [6.07, 6.45) is 0.337. The Labute approximate surface area is 135 Å². The Hall–Kier alpha value is -1.99. The highest BCUT2D eigenvalue weighted by molar-refractivity contribution is 7.23. The molecule has 0 radical (unpaired) electrons. The van der Waals surface area contributed by atoms with E-state index in [2.05, 4.69) is 10.3 Å². The maximum absolute atomic E-state index is 12.0. The summed E-state index contributed by atoms with van der Waals surface area (Å²) in [7, 11) is 0. The molecule has 0 spiro atoms. The van der Waals surface area contributed by atoms with Gasteiger partial charge >= 0.3 is 0 Å². The van der Waals surface area contributed by atoms with Gasteiger partial charge in [0.25, 0.3) is 0 Å². The third kappa shape index (κ3) is 2.69. The van der Waals surface area contributed by atoms with E-state index in [4.69, 9.17) is 11.6 Å². The Balaban J connectivity index is 1.77. The number of rotatable bonds is 3. The number of carbonyl (C=O) groups is 3. The summed E-state index contributed by atoms with van der Waals surface area (Å²) in [6, 6.07) is 3.64. The molecule has 1 aromatic heterocycles. The van der Waals surface area contributed by atoms with Crippen molar-refractivity contribution in [3.05, 3.63) is 22.7 Å². The van der Waals surface area contributed by atoms with Gasteiger partial charge in [-0.15, -0.1) is 0 Å². The lowest BCUT2D eigenvalue weighted by Gasteiger charge is -2.12. The molecule has 2 heterocycles. The van der Waals surface area contributed by atoms with Crippen molar-refractivity contribution in [2.45, 2.75) is 19.8 Å². The molecule has 1 aliphatic rings.